The molecule has 1 unspecified atom stereocenters. The fourth-order valence-corrected chi connectivity index (χ4v) is 3.28. The van der Waals surface area contributed by atoms with E-state index in [9.17, 15) is 5.26 Å². The summed E-state index contributed by atoms with van der Waals surface area (Å²) in [7, 11) is 0. The quantitative estimate of drug-likeness (QED) is 0.902. The van der Waals surface area contributed by atoms with Crippen LogP contribution in [0.1, 0.15) is 51.2 Å². The van der Waals surface area contributed by atoms with Crippen LogP contribution in [0.4, 0.5) is 5.69 Å². The lowest BCUT2D eigenvalue weighted by Crippen LogP contribution is -2.26. The van der Waals surface area contributed by atoms with Crippen molar-refractivity contribution in [2.75, 3.05) is 18.0 Å². The number of hydrogen-bond donors (Lipinski definition) is 1. The smallest absolute Gasteiger partial charge is 0.101 e. The highest BCUT2D eigenvalue weighted by Gasteiger charge is 2.27. The molecule has 2 rings (SSSR count). The van der Waals surface area contributed by atoms with Gasteiger partial charge in [-0.05, 0) is 48.3 Å². The number of benzene rings is 1. The molecule has 1 saturated heterocycles. The fraction of sp³-hybridized carbons (Fsp3) is 0.611. The molecule has 0 amide bonds. The van der Waals surface area contributed by atoms with Gasteiger partial charge in [-0.3, -0.25) is 0 Å². The van der Waals surface area contributed by atoms with Crippen LogP contribution in [0.2, 0.25) is 0 Å². The summed E-state index contributed by atoms with van der Waals surface area (Å²) in [5, 5.41) is 9.40. The topological polar surface area (TPSA) is 53.0 Å². The van der Waals surface area contributed by atoms with Crippen LogP contribution in [-0.4, -0.2) is 13.1 Å². The molecule has 21 heavy (non-hydrogen) atoms. The molecule has 0 spiro atoms. The van der Waals surface area contributed by atoms with E-state index in [1.54, 1.807) is 0 Å². The molecule has 0 saturated carbocycles. The maximum Gasteiger partial charge on any atom is 0.101 e. The van der Waals surface area contributed by atoms with Gasteiger partial charge in [0.2, 0.25) is 0 Å². The lowest BCUT2D eigenvalue weighted by molar-refractivity contribution is 0.220. The summed E-state index contributed by atoms with van der Waals surface area (Å²) in [6.07, 6.45) is 3.68. The molecule has 0 radical (unpaired) electrons. The molecular formula is C18H27N3. The molecule has 114 valence electrons. The number of nitrogens with two attached hydrogens (primary N) is 1. The van der Waals surface area contributed by atoms with Crippen molar-refractivity contribution in [3.63, 3.8) is 0 Å². The average Bonchev–Trinajstić information content (AvgIpc) is 2.72. The number of nitriles is 1. The van der Waals surface area contributed by atoms with E-state index in [0.717, 1.165) is 35.8 Å². The van der Waals surface area contributed by atoms with Crippen LogP contribution in [0.3, 0.4) is 0 Å². The van der Waals surface area contributed by atoms with Crippen molar-refractivity contribution in [2.24, 2.45) is 17.1 Å². The first-order valence-corrected chi connectivity index (χ1v) is 7.93. The highest BCUT2D eigenvalue weighted by Crippen LogP contribution is 2.35. The second-order valence-corrected chi connectivity index (χ2v) is 7.15. The van der Waals surface area contributed by atoms with Crippen molar-refractivity contribution in [1.82, 2.24) is 0 Å². The molecule has 3 heteroatoms. The van der Waals surface area contributed by atoms with Crippen molar-refractivity contribution >= 4 is 5.69 Å². The molecule has 3 nitrogen and oxygen atoms in total. The van der Waals surface area contributed by atoms with Crippen LogP contribution in [0, 0.1) is 22.7 Å². The van der Waals surface area contributed by atoms with Gasteiger partial charge in [-0.15, -0.1) is 0 Å². The minimum Gasteiger partial charge on any atom is -0.370 e. The van der Waals surface area contributed by atoms with E-state index in [-0.39, 0.29) is 0 Å². The van der Waals surface area contributed by atoms with Gasteiger partial charge in [0.1, 0.15) is 6.07 Å². The Kier molecular flexibility index (Phi) is 4.90. The first kappa shape index (κ1) is 15.9. The summed E-state index contributed by atoms with van der Waals surface area (Å²) >= 11 is 0. The van der Waals surface area contributed by atoms with Crippen molar-refractivity contribution < 1.29 is 0 Å². The van der Waals surface area contributed by atoms with Gasteiger partial charge in [0, 0.05) is 19.6 Å². The van der Waals surface area contributed by atoms with E-state index in [1.165, 1.54) is 19.3 Å². The van der Waals surface area contributed by atoms with E-state index < -0.39 is 0 Å². The largest absolute Gasteiger partial charge is 0.370 e. The van der Waals surface area contributed by atoms with E-state index in [1.807, 2.05) is 12.1 Å². The predicted octanol–water partition coefficient (Wildman–Crippen LogP) is 3.67. The third kappa shape index (κ3) is 3.77. The zero-order chi connectivity index (χ0) is 15.5. The van der Waals surface area contributed by atoms with Gasteiger partial charge in [-0.1, -0.05) is 26.8 Å². The molecule has 1 fully saturated rings. The standard InChI is InChI=1S/C18H27N3/c1-18(2,3)16-5-4-9-21(10-8-16)17-7-6-14(12-19)11-15(17)13-20/h6-7,11,16H,4-5,8-10,12,19H2,1-3H3. The maximum absolute atomic E-state index is 9.40. The SMILES string of the molecule is CC(C)(C)C1CCCN(c2ccc(CN)cc2C#N)CC1. The van der Waals surface area contributed by atoms with Gasteiger partial charge in [-0.25, -0.2) is 0 Å². The Morgan fingerprint density at radius 1 is 1.29 bits per heavy atom. The van der Waals surface area contributed by atoms with E-state index in [2.05, 4.69) is 37.8 Å². The Bertz CT molecular complexity index is 522. The Morgan fingerprint density at radius 2 is 2.05 bits per heavy atom. The van der Waals surface area contributed by atoms with Crippen molar-refractivity contribution in [1.29, 1.82) is 5.26 Å². The molecule has 1 aromatic carbocycles. The Hall–Kier alpha value is -1.53. The molecule has 0 bridgehead atoms. The number of anilines is 1. The Labute approximate surface area is 128 Å². The molecule has 1 aliphatic rings. The molecule has 0 aromatic heterocycles. The monoisotopic (exact) mass is 285 g/mol. The van der Waals surface area contributed by atoms with Gasteiger partial charge in [0.25, 0.3) is 0 Å². The van der Waals surface area contributed by atoms with Gasteiger partial charge >= 0.3 is 0 Å². The van der Waals surface area contributed by atoms with Crippen LogP contribution < -0.4 is 10.6 Å². The molecule has 1 aliphatic heterocycles. The van der Waals surface area contributed by atoms with Gasteiger partial charge in [-0.2, -0.15) is 5.26 Å². The lowest BCUT2D eigenvalue weighted by atomic mass is 9.77. The zero-order valence-corrected chi connectivity index (χ0v) is 13.5. The summed E-state index contributed by atoms with van der Waals surface area (Å²) in [6.45, 7) is 9.58. The fourth-order valence-electron chi connectivity index (χ4n) is 3.28. The molecule has 0 aliphatic carbocycles. The second-order valence-electron chi connectivity index (χ2n) is 7.15. The van der Waals surface area contributed by atoms with Gasteiger partial charge in [0.05, 0.1) is 11.3 Å². The predicted molar refractivity (Wildman–Crippen MR) is 88.1 cm³/mol. The Morgan fingerprint density at radius 3 is 2.67 bits per heavy atom. The summed E-state index contributed by atoms with van der Waals surface area (Å²) in [4.78, 5) is 2.38. The first-order chi connectivity index (χ1) is 9.95. The normalized spacial score (nSPS) is 20.0. The van der Waals surface area contributed by atoms with E-state index in [4.69, 9.17) is 5.73 Å². The average molecular weight is 285 g/mol. The molecular weight excluding hydrogens is 258 g/mol. The number of nitrogens with zero attached hydrogens (tertiary/aromatic N) is 2. The van der Waals surface area contributed by atoms with Crippen LogP contribution in [-0.2, 0) is 6.54 Å². The van der Waals surface area contributed by atoms with Crippen LogP contribution in [0.5, 0.6) is 0 Å². The molecule has 1 atom stereocenters. The Balaban J connectivity index is 2.18. The van der Waals surface area contributed by atoms with Crippen LogP contribution >= 0.6 is 0 Å². The highest BCUT2D eigenvalue weighted by atomic mass is 15.1. The summed E-state index contributed by atoms with van der Waals surface area (Å²) in [5.41, 5.74) is 8.90. The molecule has 1 aromatic rings. The highest BCUT2D eigenvalue weighted by molar-refractivity contribution is 5.60. The van der Waals surface area contributed by atoms with Crippen molar-refractivity contribution in [3.05, 3.63) is 29.3 Å². The van der Waals surface area contributed by atoms with Crippen LogP contribution in [0.25, 0.3) is 0 Å². The van der Waals surface area contributed by atoms with Crippen molar-refractivity contribution in [2.45, 2.75) is 46.6 Å². The van der Waals surface area contributed by atoms with Crippen molar-refractivity contribution in [3.8, 4) is 6.07 Å². The maximum atomic E-state index is 9.40. The minimum atomic E-state index is 0.372. The third-order valence-electron chi connectivity index (χ3n) is 4.71. The van der Waals surface area contributed by atoms with E-state index in [0.29, 0.717) is 12.0 Å². The second kappa shape index (κ2) is 6.49. The zero-order valence-electron chi connectivity index (χ0n) is 13.5. The summed E-state index contributed by atoms with van der Waals surface area (Å²) in [6, 6.07) is 8.38. The molecule has 1 heterocycles. The summed E-state index contributed by atoms with van der Waals surface area (Å²) < 4.78 is 0. The van der Waals surface area contributed by atoms with Gasteiger partial charge < -0.3 is 10.6 Å². The number of rotatable bonds is 2. The number of hydrogen-bond acceptors (Lipinski definition) is 3. The first-order valence-electron chi connectivity index (χ1n) is 7.93. The van der Waals surface area contributed by atoms with Gasteiger partial charge in [0.15, 0.2) is 0 Å². The van der Waals surface area contributed by atoms with E-state index >= 15 is 0 Å². The lowest BCUT2D eigenvalue weighted by Gasteiger charge is -2.30. The minimum absolute atomic E-state index is 0.372. The third-order valence-corrected chi connectivity index (χ3v) is 4.71. The van der Waals surface area contributed by atoms with Crippen LogP contribution in [0.15, 0.2) is 18.2 Å². The molecule has 2 N–H and O–H groups in total. The summed E-state index contributed by atoms with van der Waals surface area (Å²) in [5.74, 6) is 0.761.